The summed E-state index contributed by atoms with van der Waals surface area (Å²) in [6, 6.07) is 5.18. The first kappa shape index (κ1) is 65.0. The van der Waals surface area contributed by atoms with Gasteiger partial charge in [-0.2, -0.15) is 25.3 Å². The SMILES string of the molecule is C[C@@H](NC(=O)[C@H](CS)NC(=O)[C@@H](N)CCCNC(=N)N)C(=O)N(C)[C@@H](CCCNC(=N)N)C(=O)N[C@H](Cc1ccccc1)C(=O)N[C@@H](CC(Br)CNC(=N)N)C(=O)N[C@H](Cc1c[nH]c2ccccc12)C(=O)N[C@@H](CS)C(=O)O. The summed E-state index contributed by atoms with van der Waals surface area (Å²) in [5.74, 6) is -8.41. The molecule has 7 amide bonds. The third kappa shape index (κ3) is 22.0. The number of nitrogens with two attached hydrogens (primary N) is 4. The normalized spacial score (nSPS) is 14.4. The average molecular weight is 1190 g/mol. The van der Waals surface area contributed by atoms with E-state index < -0.39 is 100 Å². The number of hydrogen-bond acceptors (Lipinski definition) is 14. The van der Waals surface area contributed by atoms with E-state index in [1.165, 1.54) is 14.0 Å². The quantitative estimate of drug-likeness (QED) is 0.00959. The number of aliphatic carboxylic acids is 1. The molecule has 0 aliphatic carbocycles. The molecule has 3 rings (SSSR count). The Morgan fingerprint density at radius 3 is 1.74 bits per heavy atom. The van der Waals surface area contributed by atoms with Gasteiger partial charge in [-0.1, -0.05) is 64.5 Å². The van der Waals surface area contributed by atoms with E-state index in [9.17, 15) is 43.5 Å². The van der Waals surface area contributed by atoms with Gasteiger partial charge in [0.25, 0.3) is 0 Å². The van der Waals surface area contributed by atoms with Gasteiger partial charge in [0.1, 0.15) is 42.3 Å². The predicted molar refractivity (Wildman–Crippen MR) is 305 cm³/mol. The highest BCUT2D eigenvalue weighted by Crippen LogP contribution is 2.20. The van der Waals surface area contributed by atoms with Gasteiger partial charge in [-0.05, 0) is 56.2 Å². The second-order valence-corrected chi connectivity index (χ2v) is 20.2. The predicted octanol–water partition coefficient (Wildman–Crippen LogP) is -2.86. The number of nitrogens with zero attached hydrogens (tertiary/aromatic N) is 1. The van der Waals surface area contributed by atoms with Gasteiger partial charge in [0.15, 0.2) is 17.9 Å². The number of rotatable bonds is 33. The maximum atomic E-state index is 14.7. The van der Waals surface area contributed by atoms with Crippen molar-refractivity contribution in [3.8, 4) is 0 Å². The van der Waals surface area contributed by atoms with E-state index in [0.29, 0.717) is 24.1 Å². The second-order valence-electron chi connectivity index (χ2n) is 18.2. The number of nitrogens with one attached hydrogen (secondary N) is 13. The topological polar surface area (TPSA) is 460 Å². The van der Waals surface area contributed by atoms with Gasteiger partial charge in [-0.3, -0.25) is 49.8 Å². The lowest BCUT2D eigenvalue weighted by atomic mass is 10.0. The van der Waals surface area contributed by atoms with Crippen LogP contribution in [-0.4, -0.2) is 172 Å². The van der Waals surface area contributed by atoms with Crippen LogP contribution in [0.1, 0.15) is 50.2 Å². The van der Waals surface area contributed by atoms with Gasteiger partial charge in [0.2, 0.25) is 41.4 Å². The number of H-pyrrole nitrogens is 1. The molecule has 2 aromatic carbocycles. The number of carbonyl (C=O) groups excluding carboxylic acids is 7. The molecule has 27 nitrogen and oxygen atoms in total. The zero-order valence-corrected chi connectivity index (χ0v) is 46.6. The van der Waals surface area contributed by atoms with Crippen molar-refractivity contribution < 1.29 is 43.5 Å². The van der Waals surface area contributed by atoms with Crippen LogP contribution in [0.25, 0.3) is 10.9 Å². The summed E-state index contributed by atoms with van der Waals surface area (Å²) < 4.78 is 0. The number of alkyl halides is 1. The Morgan fingerprint density at radius 2 is 1.15 bits per heavy atom. The number of aromatic amines is 1. The monoisotopic (exact) mass is 1190 g/mol. The third-order valence-corrected chi connectivity index (χ3v) is 13.5. The van der Waals surface area contributed by atoms with Crippen LogP contribution in [0.2, 0.25) is 0 Å². The summed E-state index contributed by atoms with van der Waals surface area (Å²) in [5, 5.41) is 56.6. The largest absolute Gasteiger partial charge is 0.480 e. The van der Waals surface area contributed by atoms with Crippen LogP contribution >= 0.6 is 41.2 Å². The Balaban J connectivity index is 1.97. The first-order chi connectivity index (χ1) is 36.9. The highest BCUT2D eigenvalue weighted by molar-refractivity contribution is 9.09. The minimum atomic E-state index is -1.47. The summed E-state index contributed by atoms with van der Waals surface area (Å²) in [4.78, 5) is 114. The zero-order valence-electron chi connectivity index (χ0n) is 43.2. The van der Waals surface area contributed by atoms with E-state index in [1.54, 1.807) is 54.7 Å². The van der Waals surface area contributed by atoms with Crippen LogP contribution in [0.5, 0.6) is 0 Å². The summed E-state index contributed by atoms with van der Waals surface area (Å²) in [5.41, 5.74) is 24.3. The number of benzene rings is 2. The summed E-state index contributed by atoms with van der Waals surface area (Å²) in [7, 11) is 1.32. The van der Waals surface area contributed by atoms with Crippen molar-refractivity contribution >= 4 is 117 Å². The molecule has 1 heterocycles. The summed E-state index contributed by atoms with van der Waals surface area (Å²) in [6.07, 6.45) is 1.90. The van der Waals surface area contributed by atoms with Crippen molar-refractivity contribution in [1.82, 2.24) is 57.7 Å². The number of hydrogen-bond donors (Lipinski definition) is 20. The van der Waals surface area contributed by atoms with Crippen molar-refractivity contribution in [2.75, 3.05) is 38.2 Å². The number of amides is 7. The average Bonchev–Trinajstić information content (AvgIpc) is 3.82. The summed E-state index contributed by atoms with van der Waals surface area (Å²) in [6.45, 7) is 1.77. The van der Waals surface area contributed by atoms with E-state index in [0.717, 1.165) is 15.8 Å². The molecule has 428 valence electrons. The van der Waals surface area contributed by atoms with Crippen LogP contribution in [-0.2, 0) is 51.2 Å². The lowest BCUT2D eigenvalue weighted by Gasteiger charge is -2.32. The molecule has 1 aromatic heterocycles. The number of aromatic nitrogens is 1. The molecule has 0 aliphatic heterocycles. The number of thiol groups is 2. The number of carbonyl (C=O) groups is 8. The number of likely N-dealkylation sites (N-methyl/N-ethyl adjacent to an activating group) is 1. The molecule has 30 heteroatoms. The van der Waals surface area contributed by atoms with Gasteiger partial charge in [0, 0.05) is 73.0 Å². The number of fused-ring (bicyclic) bond motifs is 1. The number of halogens is 1. The van der Waals surface area contributed by atoms with Crippen molar-refractivity contribution in [3.05, 3.63) is 71.9 Å². The highest BCUT2D eigenvalue weighted by atomic mass is 79.9. The van der Waals surface area contributed by atoms with Crippen LogP contribution in [0.15, 0.2) is 60.8 Å². The van der Waals surface area contributed by atoms with Crippen molar-refractivity contribution in [2.24, 2.45) is 22.9 Å². The van der Waals surface area contributed by atoms with Crippen molar-refractivity contribution in [1.29, 1.82) is 16.2 Å². The fourth-order valence-corrected chi connectivity index (χ4v) is 8.89. The van der Waals surface area contributed by atoms with E-state index in [4.69, 9.17) is 39.2 Å². The van der Waals surface area contributed by atoms with Gasteiger partial charge in [-0.25, -0.2) is 4.79 Å². The molecule has 0 saturated heterocycles. The van der Waals surface area contributed by atoms with Crippen LogP contribution in [0.3, 0.4) is 0 Å². The first-order valence-electron chi connectivity index (χ1n) is 24.7. The van der Waals surface area contributed by atoms with Crippen LogP contribution in [0.4, 0.5) is 0 Å². The van der Waals surface area contributed by atoms with Gasteiger partial charge in [-0.15, -0.1) is 0 Å². The molecular formula is C48H73BrN18O9S2. The van der Waals surface area contributed by atoms with Crippen molar-refractivity contribution in [2.45, 2.75) is 105 Å². The number of carboxylic acid groups (broad SMARTS) is 1. The molecule has 0 fully saturated rings. The molecular weight excluding hydrogens is 1120 g/mol. The zero-order chi connectivity index (χ0) is 58.1. The standard InChI is InChI=1S/C48H73BrN18O9S2/c1-25(61-42(72)35(23-77)65-38(68)30(50)13-8-16-57-46(51)52)44(74)67(2)37(15-9-17-58-47(53)54)43(73)64-32(18-26-10-4-3-5-11-26)39(69)63-34(20-28(49)22-60-48(55)56)41(71)62-33(40(70)66-36(24-78)45(75)76)19-27-21-59-31-14-7-6-12-29(27)31/h3-7,10-12,14,21,25,28,30,32-37,59,77-78H,8-9,13,15-20,22-24,50H2,1-2H3,(H,61,72)(H,62,71)(H,63,69)(H,64,73)(H,65,68)(H,66,70)(H,75,76)(H4,51,52,57)(H4,53,54,58)(H4,55,56,60)/t25-,28?,30+,32-,33-,34+,35+,36+,37+/m1/s1. The molecule has 0 radical (unpaired) electrons. The highest BCUT2D eigenvalue weighted by Gasteiger charge is 2.36. The Labute approximate surface area is 470 Å². The number of guanidine groups is 3. The van der Waals surface area contributed by atoms with Gasteiger partial charge < -0.3 is 85.8 Å². The fourth-order valence-electron chi connectivity index (χ4n) is 7.85. The fraction of sp³-hybridized carbons (Fsp3) is 0.479. The van der Waals surface area contributed by atoms with E-state index in [-0.39, 0.29) is 81.0 Å². The number of para-hydroxylation sites is 1. The lowest BCUT2D eigenvalue weighted by Crippen LogP contribution is -2.61. The Bertz CT molecular complexity index is 2560. The molecule has 0 spiro atoms. The number of carboxylic acids is 1. The summed E-state index contributed by atoms with van der Waals surface area (Å²) >= 11 is 11.8. The molecule has 9 atom stereocenters. The lowest BCUT2D eigenvalue weighted by molar-refractivity contribution is -0.143. The Kier molecular flexibility index (Phi) is 27.6. The van der Waals surface area contributed by atoms with Crippen molar-refractivity contribution in [3.63, 3.8) is 0 Å². The maximum Gasteiger partial charge on any atom is 0.327 e. The minimum Gasteiger partial charge on any atom is -0.480 e. The Hall–Kier alpha value is -7.31. The van der Waals surface area contributed by atoms with Gasteiger partial charge >= 0.3 is 5.97 Å². The molecule has 3 aromatic rings. The second kappa shape index (κ2) is 33.1. The molecule has 0 bridgehead atoms. The smallest absolute Gasteiger partial charge is 0.327 e. The van der Waals surface area contributed by atoms with E-state index in [2.05, 4.69) is 94.0 Å². The van der Waals surface area contributed by atoms with Crippen LogP contribution in [0, 0.1) is 16.2 Å². The minimum absolute atomic E-state index is 0.000283. The maximum absolute atomic E-state index is 14.7. The third-order valence-electron chi connectivity index (χ3n) is 12.1. The molecule has 1 unspecified atom stereocenters. The molecule has 78 heavy (non-hydrogen) atoms. The van der Waals surface area contributed by atoms with Crippen LogP contribution < -0.4 is 70.8 Å². The van der Waals surface area contributed by atoms with Gasteiger partial charge in [0.05, 0.1) is 6.04 Å². The van der Waals surface area contributed by atoms with E-state index >= 15 is 0 Å². The van der Waals surface area contributed by atoms with E-state index in [1.807, 2.05) is 6.07 Å². The first-order valence-corrected chi connectivity index (χ1v) is 26.9. The Morgan fingerprint density at radius 1 is 0.654 bits per heavy atom. The molecule has 22 N–H and O–H groups in total. The molecule has 0 aliphatic rings. The molecule has 0 saturated carbocycles.